The second-order valence-electron chi connectivity index (χ2n) is 7.24. The summed E-state index contributed by atoms with van der Waals surface area (Å²) in [6, 6.07) is 6.84. The molecule has 0 spiro atoms. The summed E-state index contributed by atoms with van der Waals surface area (Å²) in [4.78, 5) is 22.7. The molecule has 28 heavy (non-hydrogen) atoms. The molecule has 1 aromatic carbocycles. The molecule has 0 bridgehead atoms. The molecule has 0 aliphatic heterocycles. The van der Waals surface area contributed by atoms with Gasteiger partial charge in [0.1, 0.15) is 11.8 Å². The maximum atomic E-state index is 11.4. The zero-order valence-corrected chi connectivity index (χ0v) is 17.4. The lowest BCUT2D eigenvalue weighted by molar-refractivity contribution is -0.142. The Bertz CT molecular complexity index is 601. The van der Waals surface area contributed by atoms with Gasteiger partial charge in [-0.1, -0.05) is 26.0 Å². The number of nitrogens with one attached hydrogen (secondary N) is 1. The quantitative estimate of drug-likeness (QED) is 0.499. The van der Waals surface area contributed by atoms with E-state index in [4.69, 9.17) is 14.2 Å². The van der Waals surface area contributed by atoms with E-state index in [-0.39, 0.29) is 24.0 Å². The molecule has 3 unspecified atom stereocenters. The minimum atomic E-state index is -1.01. The lowest BCUT2D eigenvalue weighted by Gasteiger charge is -2.25. The van der Waals surface area contributed by atoms with Crippen molar-refractivity contribution in [3.63, 3.8) is 0 Å². The molecule has 0 fully saturated rings. The van der Waals surface area contributed by atoms with Crippen LogP contribution in [0.25, 0.3) is 0 Å². The summed E-state index contributed by atoms with van der Waals surface area (Å²) in [5, 5.41) is 11.9. The Morgan fingerprint density at radius 3 is 2.25 bits per heavy atom. The minimum Gasteiger partial charge on any atom is -0.480 e. The van der Waals surface area contributed by atoms with E-state index in [1.807, 2.05) is 24.3 Å². The van der Waals surface area contributed by atoms with Gasteiger partial charge in [-0.05, 0) is 42.4 Å². The van der Waals surface area contributed by atoms with Crippen LogP contribution >= 0.6 is 0 Å². The summed E-state index contributed by atoms with van der Waals surface area (Å²) in [7, 11) is 3.23. The Labute approximate surface area is 167 Å². The maximum Gasteiger partial charge on any atom is 0.326 e. The zero-order valence-electron chi connectivity index (χ0n) is 17.4. The fraction of sp³-hybridized carbons (Fsp3) is 0.619. The van der Waals surface area contributed by atoms with Crippen LogP contribution in [0.1, 0.15) is 39.2 Å². The normalized spacial score (nSPS) is 14.4. The third-order valence-corrected chi connectivity index (χ3v) is 4.67. The van der Waals surface area contributed by atoms with Gasteiger partial charge in [-0.2, -0.15) is 0 Å². The monoisotopic (exact) mass is 395 g/mol. The van der Waals surface area contributed by atoms with Gasteiger partial charge >= 0.3 is 5.97 Å². The predicted octanol–water partition coefficient (Wildman–Crippen LogP) is 2.87. The number of methoxy groups -OCH3 is 2. The van der Waals surface area contributed by atoms with Crippen molar-refractivity contribution in [3.05, 3.63) is 29.8 Å². The van der Waals surface area contributed by atoms with Crippen LogP contribution in [-0.2, 0) is 25.5 Å². The number of carbonyl (C=O) groups excluding carboxylic acids is 1. The van der Waals surface area contributed by atoms with Gasteiger partial charge in [0.05, 0.1) is 6.61 Å². The van der Waals surface area contributed by atoms with Crippen LogP contribution in [0.5, 0.6) is 5.75 Å². The van der Waals surface area contributed by atoms with Gasteiger partial charge in [0.2, 0.25) is 12.2 Å². The average molecular weight is 395 g/mol. The molecular formula is C21H33NO6. The summed E-state index contributed by atoms with van der Waals surface area (Å²) in [6.45, 7) is 6.01. The zero-order chi connectivity index (χ0) is 21.1. The number of amides is 1. The van der Waals surface area contributed by atoms with Crippen LogP contribution < -0.4 is 10.1 Å². The summed E-state index contributed by atoms with van der Waals surface area (Å²) >= 11 is 0. The number of aliphatic carboxylic acids is 1. The van der Waals surface area contributed by atoms with Gasteiger partial charge in [-0.3, -0.25) is 4.79 Å². The smallest absolute Gasteiger partial charge is 0.326 e. The molecule has 0 aliphatic rings. The molecule has 0 radical (unpaired) electrons. The van der Waals surface area contributed by atoms with Crippen LogP contribution in [0.4, 0.5) is 0 Å². The fourth-order valence-electron chi connectivity index (χ4n) is 2.96. The van der Waals surface area contributed by atoms with Crippen molar-refractivity contribution in [1.29, 1.82) is 0 Å². The molecule has 2 N–H and O–H groups in total. The largest absolute Gasteiger partial charge is 0.480 e. The number of carbonyl (C=O) groups is 2. The minimum absolute atomic E-state index is 0.119. The molecule has 1 amide bonds. The second-order valence-corrected chi connectivity index (χ2v) is 7.24. The third-order valence-electron chi connectivity index (χ3n) is 4.67. The number of ether oxygens (including phenoxy) is 3. The molecule has 7 heteroatoms. The first-order valence-corrected chi connectivity index (χ1v) is 9.54. The summed E-state index contributed by atoms with van der Waals surface area (Å²) in [5.74, 6) is -0.245. The van der Waals surface area contributed by atoms with Crippen molar-refractivity contribution in [2.75, 3.05) is 20.8 Å². The van der Waals surface area contributed by atoms with Gasteiger partial charge in [0.15, 0.2) is 0 Å². The van der Waals surface area contributed by atoms with E-state index in [1.54, 1.807) is 14.2 Å². The van der Waals surface area contributed by atoms with Gasteiger partial charge < -0.3 is 24.6 Å². The lowest BCUT2D eigenvalue weighted by atomic mass is 9.84. The highest BCUT2D eigenvalue weighted by molar-refractivity contribution is 5.82. The molecule has 0 saturated carbocycles. The molecule has 158 valence electrons. The molecule has 0 aliphatic carbocycles. The van der Waals surface area contributed by atoms with E-state index in [0.29, 0.717) is 25.2 Å². The highest BCUT2D eigenvalue weighted by Crippen LogP contribution is 2.24. The first kappa shape index (κ1) is 23.9. The topological polar surface area (TPSA) is 94.1 Å². The van der Waals surface area contributed by atoms with E-state index >= 15 is 0 Å². The number of hydrogen-bond acceptors (Lipinski definition) is 5. The van der Waals surface area contributed by atoms with E-state index < -0.39 is 12.0 Å². The second kappa shape index (κ2) is 12.4. The van der Waals surface area contributed by atoms with Crippen LogP contribution in [0, 0.1) is 11.8 Å². The number of hydrogen-bond donors (Lipinski definition) is 2. The van der Waals surface area contributed by atoms with Gasteiger partial charge in [0, 0.05) is 27.6 Å². The lowest BCUT2D eigenvalue weighted by Crippen LogP contribution is -2.41. The summed E-state index contributed by atoms with van der Waals surface area (Å²) in [6.07, 6.45) is 1.36. The van der Waals surface area contributed by atoms with Crippen molar-refractivity contribution < 1.29 is 28.9 Å². The van der Waals surface area contributed by atoms with Crippen molar-refractivity contribution in [3.8, 4) is 5.75 Å². The molecule has 0 aromatic heterocycles. The van der Waals surface area contributed by atoms with Gasteiger partial charge in [0.25, 0.3) is 0 Å². The summed E-state index contributed by atoms with van der Waals surface area (Å²) < 4.78 is 16.1. The van der Waals surface area contributed by atoms with Crippen LogP contribution in [-0.4, -0.2) is 50.1 Å². The molecule has 7 nitrogen and oxygen atoms in total. The van der Waals surface area contributed by atoms with Crippen LogP contribution in [0.3, 0.4) is 0 Å². The Morgan fingerprint density at radius 1 is 1.14 bits per heavy atom. The number of carboxylic acid groups (broad SMARTS) is 1. The van der Waals surface area contributed by atoms with Crippen LogP contribution in [0.2, 0.25) is 0 Å². The number of rotatable bonds is 13. The molecule has 1 rings (SSSR count). The number of carboxylic acids is 1. The Hall–Kier alpha value is -2.12. The van der Waals surface area contributed by atoms with E-state index in [2.05, 4.69) is 19.2 Å². The Morgan fingerprint density at radius 2 is 1.79 bits per heavy atom. The van der Waals surface area contributed by atoms with E-state index in [1.165, 1.54) is 6.92 Å². The Kier molecular flexibility index (Phi) is 10.6. The molecule has 0 saturated heterocycles. The molecular weight excluding hydrogens is 362 g/mol. The Balaban J connectivity index is 2.74. The van der Waals surface area contributed by atoms with Crippen molar-refractivity contribution in [1.82, 2.24) is 5.32 Å². The van der Waals surface area contributed by atoms with Crippen molar-refractivity contribution in [2.45, 2.75) is 52.4 Å². The third kappa shape index (κ3) is 8.71. The van der Waals surface area contributed by atoms with Gasteiger partial charge in [-0.25, -0.2) is 4.79 Å². The molecule has 3 atom stereocenters. The predicted molar refractivity (Wildman–Crippen MR) is 106 cm³/mol. The first-order chi connectivity index (χ1) is 13.3. The molecule has 0 heterocycles. The SMILES string of the molecule is COCCC(OC)Oc1ccc(CC(CC(NC(C)=O)C(=O)O)C(C)C)cc1. The van der Waals surface area contributed by atoms with Crippen molar-refractivity contribution >= 4 is 11.9 Å². The maximum absolute atomic E-state index is 11.4. The van der Waals surface area contributed by atoms with E-state index in [9.17, 15) is 14.7 Å². The fourth-order valence-corrected chi connectivity index (χ4v) is 2.96. The highest BCUT2D eigenvalue weighted by atomic mass is 16.7. The van der Waals surface area contributed by atoms with Crippen LogP contribution in [0.15, 0.2) is 24.3 Å². The molecule has 1 aromatic rings. The van der Waals surface area contributed by atoms with Gasteiger partial charge in [-0.15, -0.1) is 0 Å². The standard InChI is InChI=1S/C21H33NO6/c1-14(2)17(13-19(21(24)25)22-15(3)23)12-16-6-8-18(9-7-16)28-20(27-5)10-11-26-4/h6-9,14,17,19-20H,10-13H2,1-5H3,(H,22,23)(H,24,25). The summed E-state index contributed by atoms with van der Waals surface area (Å²) in [5.41, 5.74) is 1.09. The van der Waals surface area contributed by atoms with Crippen molar-refractivity contribution in [2.24, 2.45) is 11.8 Å². The average Bonchev–Trinajstić information content (AvgIpc) is 2.64. The number of benzene rings is 1. The highest BCUT2D eigenvalue weighted by Gasteiger charge is 2.25. The van der Waals surface area contributed by atoms with E-state index in [0.717, 1.165) is 12.0 Å². The first-order valence-electron chi connectivity index (χ1n) is 9.54.